The average Bonchev–Trinajstić information content (AvgIpc) is 2.83. The molecule has 0 amide bonds. The van der Waals surface area contributed by atoms with Gasteiger partial charge in [-0.3, -0.25) is 0 Å². The summed E-state index contributed by atoms with van der Waals surface area (Å²) in [5.74, 6) is 0. The maximum absolute atomic E-state index is 9.08. The SMILES string of the molecule is C.C.COC([C@H](O)CO)[C@@H](O)CO.COC[C@@H](O)[C@H](O)[C@@H](O)CO.CO[C@H](CO)[C@H](O)[C@@H](O)CO. The van der Waals surface area contributed by atoms with Crippen molar-refractivity contribution >= 4 is 0 Å². The first kappa shape index (κ1) is 44.4. The smallest absolute Gasteiger partial charge is 0.113 e. The molecule has 0 aliphatic carbocycles. The third kappa shape index (κ3) is 20.2. The van der Waals surface area contributed by atoms with Crippen LogP contribution in [0.5, 0.6) is 0 Å². The molecule has 0 aromatic heterocycles. The zero-order chi connectivity index (χ0) is 26.6. The minimum absolute atomic E-state index is 0. The Balaban J connectivity index is -0.000000125. The summed E-state index contributed by atoms with van der Waals surface area (Å²) in [7, 11) is 3.94. The topological polar surface area (TPSA) is 270 Å². The third-order valence-corrected chi connectivity index (χ3v) is 4.16. The van der Waals surface area contributed by atoms with E-state index in [0.29, 0.717) is 0 Å². The van der Waals surface area contributed by atoms with Crippen molar-refractivity contribution in [3.8, 4) is 0 Å². The Labute approximate surface area is 207 Å². The van der Waals surface area contributed by atoms with Crippen LogP contribution >= 0.6 is 0 Å². The highest BCUT2D eigenvalue weighted by Gasteiger charge is 2.26. The van der Waals surface area contributed by atoms with Gasteiger partial charge >= 0.3 is 0 Å². The molecule has 9 atom stereocenters. The van der Waals surface area contributed by atoms with Crippen molar-refractivity contribution in [1.29, 1.82) is 0 Å². The van der Waals surface area contributed by atoms with Crippen LogP contribution in [0.25, 0.3) is 0 Å². The van der Waals surface area contributed by atoms with Crippen molar-refractivity contribution in [2.45, 2.75) is 69.8 Å². The molecular weight excluding hydrogens is 480 g/mol. The fourth-order valence-corrected chi connectivity index (χ4v) is 2.09. The summed E-state index contributed by atoms with van der Waals surface area (Å²) in [6.45, 7) is -2.61. The van der Waals surface area contributed by atoms with Crippen molar-refractivity contribution in [3.63, 3.8) is 0 Å². The number of hydrogen-bond acceptors (Lipinski definition) is 15. The molecule has 0 aromatic carbocycles. The molecule has 12 N–H and O–H groups in total. The second kappa shape index (κ2) is 28.0. The first-order chi connectivity index (χ1) is 15.5. The molecule has 0 saturated carbocycles. The number of aliphatic hydroxyl groups is 12. The van der Waals surface area contributed by atoms with E-state index in [1.807, 2.05) is 0 Å². The van der Waals surface area contributed by atoms with Crippen LogP contribution in [0.4, 0.5) is 0 Å². The van der Waals surface area contributed by atoms with E-state index in [9.17, 15) is 0 Å². The molecule has 1 unspecified atom stereocenters. The summed E-state index contributed by atoms with van der Waals surface area (Å²) in [5.41, 5.74) is 0. The number of hydrogen-bond donors (Lipinski definition) is 12. The molecule has 15 nitrogen and oxygen atoms in total. The molecule has 0 aliphatic heterocycles. The standard InChI is InChI=1S/3C6H14O5.2CH4/c1-11-3-5(9)6(10)4(8)2-7;1-11-5(3-8)6(10)4(9)2-7;1-11-6(4(9)2-7)5(10)3-8;;/h3*4-10H,2-3H2,1H3;2*1H4/t2*4-,5+,6+;4-,5+,6?;;/m00.../s1. The second-order valence-electron chi connectivity index (χ2n) is 6.66. The Morgan fingerprint density at radius 3 is 1.11 bits per heavy atom. The lowest BCUT2D eigenvalue weighted by Gasteiger charge is -2.23. The van der Waals surface area contributed by atoms with Crippen LogP contribution in [0.15, 0.2) is 0 Å². The van der Waals surface area contributed by atoms with Crippen LogP contribution < -0.4 is 0 Å². The highest BCUT2D eigenvalue weighted by Crippen LogP contribution is 2.04. The van der Waals surface area contributed by atoms with Gasteiger partial charge in [-0.15, -0.1) is 0 Å². The summed E-state index contributed by atoms with van der Waals surface area (Å²) in [4.78, 5) is 0. The molecule has 0 heterocycles. The van der Waals surface area contributed by atoms with Gasteiger partial charge in [0, 0.05) is 21.3 Å². The quantitative estimate of drug-likeness (QED) is 0.0940. The predicted molar refractivity (Wildman–Crippen MR) is 124 cm³/mol. The molecule has 0 saturated heterocycles. The summed E-state index contributed by atoms with van der Waals surface area (Å²) < 4.78 is 13.8. The predicted octanol–water partition coefficient (Wildman–Crippen LogP) is -5.60. The summed E-state index contributed by atoms with van der Waals surface area (Å²) in [6, 6.07) is 0. The Morgan fingerprint density at radius 1 is 0.486 bits per heavy atom. The van der Waals surface area contributed by atoms with E-state index in [2.05, 4.69) is 14.2 Å². The van der Waals surface area contributed by atoms with Crippen molar-refractivity contribution in [1.82, 2.24) is 0 Å². The summed E-state index contributed by atoms with van der Waals surface area (Å²) in [6.07, 6.45) is -10.5. The zero-order valence-electron chi connectivity index (χ0n) is 19.0. The van der Waals surface area contributed by atoms with Gasteiger partial charge in [0.15, 0.2) is 0 Å². The van der Waals surface area contributed by atoms with E-state index >= 15 is 0 Å². The number of ether oxygens (including phenoxy) is 3. The Hall–Kier alpha value is -0.600. The second-order valence-corrected chi connectivity index (χ2v) is 6.66. The minimum atomic E-state index is -1.36. The third-order valence-electron chi connectivity index (χ3n) is 4.16. The lowest BCUT2D eigenvalue weighted by molar-refractivity contribution is -0.108. The van der Waals surface area contributed by atoms with Gasteiger partial charge < -0.3 is 75.5 Å². The molecule has 15 heteroatoms. The van der Waals surface area contributed by atoms with E-state index in [-0.39, 0.29) is 21.5 Å². The number of aliphatic hydroxyl groups excluding tert-OH is 12. The average molecular weight is 531 g/mol. The molecule has 0 bridgehead atoms. The Bertz CT molecular complexity index is 393. The van der Waals surface area contributed by atoms with E-state index in [1.165, 1.54) is 21.3 Å². The van der Waals surface area contributed by atoms with Crippen LogP contribution in [0.2, 0.25) is 0 Å². The Kier molecular flexibility index (Phi) is 35.5. The molecule has 0 spiro atoms. The van der Waals surface area contributed by atoms with E-state index in [0.717, 1.165) is 0 Å². The van der Waals surface area contributed by atoms with Crippen molar-refractivity contribution in [2.24, 2.45) is 0 Å². The van der Waals surface area contributed by atoms with Crippen LogP contribution in [-0.2, 0) is 14.2 Å². The first-order valence-corrected chi connectivity index (χ1v) is 9.82. The lowest BCUT2D eigenvalue weighted by Crippen LogP contribution is -2.42. The Morgan fingerprint density at radius 2 is 0.857 bits per heavy atom. The highest BCUT2D eigenvalue weighted by molar-refractivity contribution is 4.76. The van der Waals surface area contributed by atoms with Crippen molar-refractivity contribution in [3.05, 3.63) is 0 Å². The van der Waals surface area contributed by atoms with E-state index in [4.69, 9.17) is 61.3 Å². The van der Waals surface area contributed by atoms with Crippen LogP contribution in [0, 0.1) is 0 Å². The van der Waals surface area contributed by atoms with Gasteiger partial charge in [0.2, 0.25) is 0 Å². The fourth-order valence-electron chi connectivity index (χ4n) is 2.09. The van der Waals surface area contributed by atoms with Gasteiger partial charge in [-0.05, 0) is 0 Å². The maximum Gasteiger partial charge on any atom is 0.113 e. The molecular formula is C20H50O15. The highest BCUT2D eigenvalue weighted by atomic mass is 16.5. The van der Waals surface area contributed by atoms with Gasteiger partial charge in [-0.25, -0.2) is 0 Å². The summed E-state index contributed by atoms with van der Waals surface area (Å²) in [5, 5.41) is 105. The van der Waals surface area contributed by atoms with Gasteiger partial charge in [0.1, 0.15) is 54.9 Å². The molecule has 0 fully saturated rings. The molecule has 0 aliphatic rings. The van der Waals surface area contributed by atoms with Crippen LogP contribution in [-0.4, -0.2) is 177 Å². The maximum atomic E-state index is 9.08. The van der Waals surface area contributed by atoms with Gasteiger partial charge in [0.25, 0.3) is 0 Å². The van der Waals surface area contributed by atoms with Crippen molar-refractivity contribution in [2.75, 3.05) is 61.0 Å². The number of rotatable bonds is 15. The first-order valence-electron chi connectivity index (χ1n) is 9.82. The number of methoxy groups -OCH3 is 3. The van der Waals surface area contributed by atoms with Gasteiger partial charge in [0.05, 0.1) is 39.6 Å². The summed E-state index contributed by atoms with van der Waals surface area (Å²) >= 11 is 0. The normalized spacial score (nSPS) is 18.3. The fraction of sp³-hybridized carbons (Fsp3) is 1.00. The molecule has 0 aromatic rings. The largest absolute Gasteiger partial charge is 0.394 e. The molecule has 220 valence electrons. The van der Waals surface area contributed by atoms with Crippen LogP contribution in [0.3, 0.4) is 0 Å². The van der Waals surface area contributed by atoms with Crippen LogP contribution in [0.1, 0.15) is 14.9 Å². The minimum Gasteiger partial charge on any atom is -0.394 e. The van der Waals surface area contributed by atoms with Crippen molar-refractivity contribution < 1.29 is 75.5 Å². The molecule has 35 heavy (non-hydrogen) atoms. The molecule has 0 radical (unpaired) electrons. The van der Waals surface area contributed by atoms with Gasteiger partial charge in [-0.2, -0.15) is 0 Å². The molecule has 0 rings (SSSR count). The van der Waals surface area contributed by atoms with E-state index < -0.39 is 88.0 Å². The monoisotopic (exact) mass is 530 g/mol. The lowest BCUT2D eigenvalue weighted by atomic mass is 10.1. The zero-order valence-corrected chi connectivity index (χ0v) is 19.0. The van der Waals surface area contributed by atoms with Gasteiger partial charge in [-0.1, -0.05) is 14.9 Å². The van der Waals surface area contributed by atoms with E-state index in [1.54, 1.807) is 0 Å².